The van der Waals surface area contributed by atoms with E-state index in [1.807, 2.05) is 0 Å². The first kappa shape index (κ1) is 38.9. The topological polar surface area (TPSA) is 0 Å². The van der Waals surface area contributed by atoms with Crippen molar-refractivity contribution in [2.24, 2.45) is 0 Å². The van der Waals surface area contributed by atoms with Crippen LogP contribution in [-0.4, -0.2) is 0 Å². The van der Waals surface area contributed by atoms with Gasteiger partial charge in [0.15, 0.2) is 0 Å². The molecule has 0 amide bonds. The van der Waals surface area contributed by atoms with Crippen molar-refractivity contribution in [1.29, 1.82) is 0 Å². The molecule has 0 N–H and O–H groups in total. The quantitative estimate of drug-likeness (QED) is 0.0729. The molecule has 2 aromatic carbocycles. The molecule has 0 atom stereocenters. The van der Waals surface area contributed by atoms with Gasteiger partial charge in [0.25, 0.3) is 0 Å². The number of hydrogen-bond donors (Lipinski definition) is 0. The Labute approximate surface area is 288 Å². The molecular weight excluding hydrogens is 553 g/mol. The number of unbranched alkanes of at least 4 members (excludes halogenated alkanes) is 29. The minimum atomic E-state index is 0.193. The first-order chi connectivity index (χ1) is 22.8. The number of benzene rings is 2. The van der Waals surface area contributed by atoms with Crippen LogP contribution in [-0.2, 0) is 5.41 Å². The van der Waals surface area contributed by atoms with Crippen LogP contribution in [0.1, 0.15) is 224 Å². The Morgan fingerprint density at radius 3 is 0.848 bits per heavy atom. The summed E-state index contributed by atoms with van der Waals surface area (Å²) in [4.78, 5) is 0. The molecular formula is C46H76. The van der Waals surface area contributed by atoms with Gasteiger partial charge in [-0.1, -0.05) is 255 Å². The minimum Gasteiger partial charge on any atom is -0.0654 e. The van der Waals surface area contributed by atoms with Gasteiger partial charge in [0, 0.05) is 5.41 Å². The van der Waals surface area contributed by atoms with Crippen molar-refractivity contribution in [2.45, 2.75) is 218 Å². The van der Waals surface area contributed by atoms with Gasteiger partial charge < -0.3 is 0 Å². The van der Waals surface area contributed by atoms with Crippen molar-refractivity contribution < 1.29 is 0 Å². The molecule has 0 heterocycles. The standard InChI is InChI=1S/C46H76/c1-3-4-5-6-7-8-9-10-11-12-13-14-15-16-17-18-19-20-21-22-23-24-25-26-27-28-29-30-31-36-41-46(2)44-39-34-32-37-42(44)43-38-33-35-40-45(43)46/h32-35,37-40H,3-31,36,41H2,1-2H3. The van der Waals surface area contributed by atoms with Crippen LogP contribution in [0.5, 0.6) is 0 Å². The average molecular weight is 629 g/mol. The zero-order valence-electron chi connectivity index (χ0n) is 31.0. The van der Waals surface area contributed by atoms with Gasteiger partial charge in [0.1, 0.15) is 0 Å². The van der Waals surface area contributed by atoms with Gasteiger partial charge in [-0.15, -0.1) is 0 Å². The first-order valence-corrected chi connectivity index (χ1v) is 21.0. The highest BCUT2D eigenvalue weighted by Gasteiger charge is 2.38. The van der Waals surface area contributed by atoms with Crippen LogP contribution in [0, 0.1) is 0 Å². The van der Waals surface area contributed by atoms with Crippen molar-refractivity contribution >= 4 is 0 Å². The van der Waals surface area contributed by atoms with E-state index in [4.69, 9.17) is 0 Å². The van der Waals surface area contributed by atoms with Crippen LogP contribution in [0.25, 0.3) is 11.1 Å². The van der Waals surface area contributed by atoms with E-state index in [1.54, 1.807) is 11.1 Å². The largest absolute Gasteiger partial charge is 0.0654 e. The first-order valence-electron chi connectivity index (χ1n) is 21.0. The second-order valence-electron chi connectivity index (χ2n) is 15.4. The van der Waals surface area contributed by atoms with Crippen LogP contribution in [0.2, 0.25) is 0 Å². The van der Waals surface area contributed by atoms with Gasteiger partial charge in [-0.3, -0.25) is 0 Å². The van der Waals surface area contributed by atoms with Crippen molar-refractivity contribution in [1.82, 2.24) is 0 Å². The number of fused-ring (bicyclic) bond motifs is 3. The van der Waals surface area contributed by atoms with E-state index >= 15 is 0 Å². The zero-order valence-corrected chi connectivity index (χ0v) is 31.0. The molecule has 0 saturated carbocycles. The lowest BCUT2D eigenvalue weighted by Gasteiger charge is -2.27. The summed E-state index contributed by atoms with van der Waals surface area (Å²) >= 11 is 0. The Balaban J connectivity index is 0.998. The van der Waals surface area contributed by atoms with E-state index in [0.717, 1.165) is 0 Å². The molecule has 0 aromatic heterocycles. The number of rotatable bonds is 31. The van der Waals surface area contributed by atoms with Crippen LogP contribution in [0.4, 0.5) is 0 Å². The smallest absolute Gasteiger partial charge is 0.0187 e. The lowest BCUT2D eigenvalue weighted by molar-refractivity contribution is 0.476. The molecule has 0 heteroatoms. The zero-order chi connectivity index (χ0) is 32.4. The van der Waals surface area contributed by atoms with E-state index < -0.39 is 0 Å². The van der Waals surface area contributed by atoms with Crippen LogP contribution in [0.15, 0.2) is 48.5 Å². The molecule has 0 radical (unpaired) electrons. The van der Waals surface area contributed by atoms with Gasteiger partial charge in [0.05, 0.1) is 0 Å². The highest BCUT2D eigenvalue weighted by atomic mass is 14.4. The fourth-order valence-electron chi connectivity index (χ4n) is 8.31. The molecule has 46 heavy (non-hydrogen) atoms. The van der Waals surface area contributed by atoms with Crippen molar-refractivity contribution in [3.05, 3.63) is 59.7 Å². The maximum absolute atomic E-state index is 2.49. The molecule has 0 fully saturated rings. The van der Waals surface area contributed by atoms with E-state index in [2.05, 4.69) is 62.4 Å². The second-order valence-corrected chi connectivity index (χ2v) is 15.4. The monoisotopic (exact) mass is 629 g/mol. The molecule has 260 valence electrons. The summed E-state index contributed by atoms with van der Waals surface area (Å²) in [6.45, 7) is 4.79. The van der Waals surface area contributed by atoms with Crippen molar-refractivity contribution in [2.75, 3.05) is 0 Å². The summed E-state index contributed by atoms with van der Waals surface area (Å²) < 4.78 is 0. The molecule has 0 saturated heterocycles. The third-order valence-electron chi connectivity index (χ3n) is 11.4. The summed E-state index contributed by atoms with van der Waals surface area (Å²) in [6.07, 6.45) is 45.2. The Morgan fingerprint density at radius 2 is 0.565 bits per heavy atom. The van der Waals surface area contributed by atoms with E-state index in [-0.39, 0.29) is 5.41 Å². The SMILES string of the molecule is CCCCCCCCCCCCCCCCCCCCCCCCCCCCCCCCC1(C)c2ccccc2-c2ccccc21. The average Bonchev–Trinajstić information content (AvgIpc) is 3.34. The summed E-state index contributed by atoms with van der Waals surface area (Å²) in [5.41, 5.74) is 6.22. The summed E-state index contributed by atoms with van der Waals surface area (Å²) in [6, 6.07) is 18.2. The summed E-state index contributed by atoms with van der Waals surface area (Å²) in [7, 11) is 0. The molecule has 0 aliphatic heterocycles. The number of hydrogen-bond acceptors (Lipinski definition) is 0. The van der Waals surface area contributed by atoms with Crippen LogP contribution < -0.4 is 0 Å². The molecule has 1 aliphatic rings. The Bertz CT molecular complexity index is 940. The van der Waals surface area contributed by atoms with E-state index in [9.17, 15) is 0 Å². The van der Waals surface area contributed by atoms with Crippen molar-refractivity contribution in [3.63, 3.8) is 0 Å². The third-order valence-corrected chi connectivity index (χ3v) is 11.4. The van der Waals surface area contributed by atoms with Crippen LogP contribution >= 0.6 is 0 Å². The lowest BCUT2D eigenvalue weighted by atomic mass is 9.76. The van der Waals surface area contributed by atoms with Gasteiger partial charge in [-0.25, -0.2) is 0 Å². The van der Waals surface area contributed by atoms with Gasteiger partial charge in [-0.2, -0.15) is 0 Å². The van der Waals surface area contributed by atoms with Gasteiger partial charge in [0.2, 0.25) is 0 Å². The Hall–Kier alpha value is -1.56. The fraction of sp³-hybridized carbons (Fsp3) is 0.739. The molecule has 0 unspecified atom stereocenters. The van der Waals surface area contributed by atoms with E-state index in [1.165, 1.54) is 210 Å². The molecule has 2 aromatic rings. The predicted molar refractivity (Wildman–Crippen MR) is 207 cm³/mol. The summed E-state index contributed by atoms with van der Waals surface area (Å²) in [5, 5.41) is 0. The normalized spacial score (nSPS) is 13.3. The maximum Gasteiger partial charge on any atom is 0.0187 e. The van der Waals surface area contributed by atoms with Crippen molar-refractivity contribution in [3.8, 4) is 11.1 Å². The highest BCUT2D eigenvalue weighted by molar-refractivity contribution is 5.80. The second kappa shape index (κ2) is 25.5. The summed E-state index contributed by atoms with van der Waals surface area (Å²) in [5.74, 6) is 0. The van der Waals surface area contributed by atoms with E-state index in [0.29, 0.717) is 0 Å². The predicted octanol–water partition coefficient (Wildman–Crippen LogP) is 16.1. The third kappa shape index (κ3) is 15.1. The fourth-order valence-corrected chi connectivity index (χ4v) is 8.31. The molecule has 1 aliphatic carbocycles. The molecule has 0 nitrogen and oxygen atoms in total. The van der Waals surface area contributed by atoms with Gasteiger partial charge >= 0.3 is 0 Å². The Kier molecular flexibility index (Phi) is 21.5. The molecule has 0 spiro atoms. The van der Waals surface area contributed by atoms with Crippen LogP contribution in [0.3, 0.4) is 0 Å². The maximum atomic E-state index is 2.49. The minimum absolute atomic E-state index is 0.193. The molecule has 3 rings (SSSR count). The highest BCUT2D eigenvalue weighted by Crippen LogP contribution is 2.51. The lowest BCUT2D eigenvalue weighted by Crippen LogP contribution is -2.20. The molecule has 0 bridgehead atoms. The Morgan fingerprint density at radius 1 is 0.326 bits per heavy atom. The van der Waals surface area contributed by atoms with Gasteiger partial charge in [-0.05, 0) is 28.7 Å².